The standard InChI is InChI=1S/C15H18F2N2S/c1-2-9-19-10-7-13(8-11-19)18-12-3-5-14(6-4-12)20-15(16)17/h1,3-6,13,15,18H,7-11H2. The molecule has 20 heavy (non-hydrogen) atoms. The van der Waals surface area contributed by atoms with Crippen LogP contribution in [0.25, 0.3) is 0 Å². The molecule has 5 heteroatoms. The van der Waals surface area contributed by atoms with Gasteiger partial charge in [0.25, 0.3) is 5.76 Å². The average Bonchev–Trinajstić information content (AvgIpc) is 2.43. The van der Waals surface area contributed by atoms with E-state index in [9.17, 15) is 8.78 Å². The molecule has 0 aliphatic carbocycles. The highest BCUT2D eigenvalue weighted by Crippen LogP contribution is 2.26. The van der Waals surface area contributed by atoms with Gasteiger partial charge in [0.2, 0.25) is 0 Å². The quantitative estimate of drug-likeness (QED) is 0.661. The summed E-state index contributed by atoms with van der Waals surface area (Å²) in [5, 5.41) is 3.45. The molecule has 0 aromatic heterocycles. The summed E-state index contributed by atoms with van der Waals surface area (Å²) in [6.45, 7) is 2.72. The highest BCUT2D eigenvalue weighted by Gasteiger charge is 2.18. The Hall–Kier alpha value is -1.25. The number of halogens is 2. The first kappa shape index (κ1) is 15.1. The van der Waals surface area contributed by atoms with Crippen LogP contribution in [0.1, 0.15) is 12.8 Å². The highest BCUT2D eigenvalue weighted by molar-refractivity contribution is 7.99. The second-order valence-electron chi connectivity index (χ2n) is 4.80. The SMILES string of the molecule is C#CCN1CCC(Nc2ccc(SC(F)F)cc2)CC1. The Balaban J connectivity index is 1.81. The zero-order valence-corrected chi connectivity index (χ0v) is 12.0. The van der Waals surface area contributed by atoms with Gasteiger partial charge >= 0.3 is 0 Å². The van der Waals surface area contributed by atoms with Gasteiger partial charge < -0.3 is 5.32 Å². The zero-order chi connectivity index (χ0) is 14.4. The van der Waals surface area contributed by atoms with Crippen molar-refractivity contribution in [2.45, 2.75) is 29.5 Å². The molecular weight excluding hydrogens is 278 g/mol. The third kappa shape index (κ3) is 4.69. The van der Waals surface area contributed by atoms with Gasteiger partial charge in [0.05, 0.1) is 6.54 Å². The topological polar surface area (TPSA) is 15.3 Å². The maximum absolute atomic E-state index is 12.2. The molecule has 2 nitrogen and oxygen atoms in total. The van der Waals surface area contributed by atoms with Crippen LogP contribution in [0.3, 0.4) is 0 Å². The van der Waals surface area contributed by atoms with Crippen molar-refractivity contribution in [3.05, 3.63) is 24.3 Å². The van der Waals surface area contributed by atoms with E-state index in [1.807, 2.05) is 12.1 Å². The number of piperidine rings is 1. The first-order chi connectivity index (χ1) is 9.67. The van der Waals surface area contributed by atoms with E-state index in [0.717, 1.165) is 31.6 Å². The number of likely N-dealkylation sites (tertiary alicyclic amines) is 1. The lowest BCUT2D eigenvalue weighted by molar-refractivity contribution is 0.243. The molecule has 1 saturated heterocycles. The van der Waals surface area contributed by atoms with E-state index in [0.29, 0.717) is 29.2 Å². The van der Waals surface area contributed by atoms with Gasteiger partial charge in [-0.3, -0.25) is 4.90 Å². The summed E-state index contributed by atoms with van der Waals surface area (Å²) >= 11 is 0.572. The minimum atomic E-state index is -2.37. The molecule has 0 spiro atoms. The summed E-state index contributed by atoms with van der Waals surface area (Å²) < 4.78 is 24.4. The molecule has 0 atom stereocenters. The zero-order valence-electron chi connectivity index (χ0n) is 11.2. The fourth-order valence-corrected chi connectivity index (χ4v) is 2.83. The van der Waals surface area contributed by atoms with Crippen molar-refractivity contribution in [2.24, 2.45) is 0 Å². The molecule has 0 saturated carbocycles. The van der Waals surface area contributed by atoms with Gasteiger partial charge in [0.1, 0.15) is 0 Å². The number of anilines is 1. The third-order valence-corrected chi connectivity index (χ3v) is 4.08. The number of thioether (sulfide) groups is 1. The molecule has 0 unspecified atom stereocenters. The van der Waals surface area contributed by atoms with Crippen LogP contribution < -0.4 is 5.32 Å². The van der Waals surface area contributed by atoms with E-state index in [4.69, 9.17) is 6.42 Å². The lowest BCUT2D eigenvalue weighted by Crippen LogP contribution is -2.39. The summed E-state index contributed by atoms with van der Waals surface area (Å²) in [4.78, 5) is 2.86. The average molecular weight is 296 g/mol. The lowest BCUT2D eigenvalue weighted by atomic mass is 10.0. The predicted molar refractivity (Wildman–Crippen MR) is 80.2 cm³/mol. The van der Waals surface area contributed by atoms with Crippen molar-refractivity contribution < 1.29 is 8.78 Å². The molecule has 108 valence electrons. The number of hydrogen-bond acceptors (Lipinski definition) is 3. The first-order valence-corrected chi connectivity index (χ1v) is 7.52. The fourth-order valence-electron chi connectivity index (χ4n) is 2.33. The van der Waals surface area contributed by atoms with Crippen molar-refractivity contribution >= 4 is 17.4 Å². The molecule has 1 N–H and O–H groups in total. The summed E-state index contributed by atoms with van der Waals surface area (Å²) in [7, 11) is 0. The molecule has 1 heterocycles. The van der Waals surface area contributed by atoms with E-state index in [-0.39, 0.29) is 0 Å². The number of rotatable bonds is 5. The summed E-state index contributed by atoms with van der Waals surface area (Å²) in [5.41, 5.74) is 0.985. The van der Waals surface area contributed by atoms with E-state index in [1.165, 1.54) is 0 Å². The largest absolute Gasteiger partial charge is 0.382 e. The van der Waals surface area contributed by atoms with Crippen LogP contribution in [-0.2, 0) is 0 Å². The van der Waals surface area contributed by atoms with Crippen LogP contribution in [0.2, 0.25) is 0 Å². The van der Waals surface area contributed by atoms with Crippen LogP contribution >= 0.6 is 11.8 Å². The van der Waals surface area contributed by atoms with Gasteiger partial charge in [0, 0.05) is 29.7 Å². The molecule has 1 aliphatic rings. The Morgan fingerprint density at radius 2 is 1.95 bits per heavy atom. The Bertz CT molecular complexity index is 448. The van der Waals surface area contributed by atoms with E-state index >= 15 is 0 Å². The molecule has 0 radical (unpaired) electrons. The van der Waals surface area contributed by atoms with Gasteiger partial charge in [-0.1, -0.05) is 17.7 Å². The van der Waals surface area contributed by atoms with Crippen molar-refractivity contribution in [3.63, 3.8) is 0 Å². The van der Waals surface area contributed by atoms with E-state index < -0.39 is 5.76 Å². The second-order valence-corrected chi connectivity index (χ2v) is 5.87. The Labute approximate surface area is 122 Å². The van der Waals surface area contributed by atoms with E-state index in [2.05, 4.69) is 16.1 Å². The molecule has 1 aromatic rings. The molecule has 0 bridgehead atoms. The van der Waals surface area contributed by atoms with Gasteiger partial charge in [-0.25, -0.2) is 0 Å². The van der Waals surface area contributed by atoms with Gasteiger partial charge in [-0.2, -0.15) is 8.78 Å². The van der Waals surface area contributed by atoms with Crippen molar-refractivity contribution in [1.82, 2.24) is 4.90 Å². The Morgan fingerprint density at radius 3 is 2.50 bits per heavy atom. The molecule has 1 fully saturated rings. The van der Waals surface area contributed by atoms with Crippen LogP contribution in [0.4, 0.5) is 14.5 Å². The first-order valence-electron chi connectivity index (χ1n) is 6.64. The van der Waals surface area contributed by atoms with Gasteiger partial charge in [-0.05, 0) is 37.1 Å². The number of nitrogens with zero attached hydrogens (tertiary/aromatic N) is 1. The Morgan fingerprint density at radius 1 is 1.30 bits per heavy atom. The smallest absolute Gasteiger partial charge is 0.288 e. The minimum Gasteiger partial charge on any atom is -0.382 e. The summed E-state index contributed by atoms with van der Waals surface area (Å²) in [5.74, 6) is 0.299. The maximum Gasteiger partial charge on any atom is 0.288 e. The maximum atomic E-state index is 12.2. The van der Waals surface area contributed by atoms with Gasteiger partial charge in [-0.15, -0.1) is 6.42 Å². The molecule has 1 aliphatic heterocycles. The lowest BCUT2D eigenvalue weighted by Gasteiger charge is -2.31. The monoisotopic (exact) mass is 296 g/mol. The second kappa shape index (κ2) is 7.51. The summed E-state index contributed by atoms with van der Waals surface area (Å²) in [6.07, 6.45) is 7.41. The number of hydrogen-bond donors (Lipinski definition) is 1. The van der Waals surface area contributed by atoms with Crippen molar-refractivity contribution in [1.29, 1.82) is 0 Å². The predicted octanol–water partition coefficient (Wildman–Crippen LogP) is 3.51. The number of nitrogens with one attached hydrogen (secondary N) is 1. The van der Waals surface area contributed by atoms with Crippen LogP contribution in [0.15, 0.2) is 29.2 Å². The Kier molecular flexibility index (Phi) is 5.69. The number of benzene rings is 1. The van der Waals surface area contributed by atoms with E-state index in [1.54, 1.807) is 12.1 Å². The molecule has 1 aromatic carbocycles. The van der Waals surface area contributed by atoms with Crippen LogP contribution in [0, 0.1) is 12.3 Å². The summed E-state index contributed by atoms with van der Waals surface area (Å²) in [6, 6.07) is 7.61. The van der Waals surface area contributed by atoms with Crippen molar-refractivity contribution in [2.75, 3.05) is 25.0 Å². The van der Waals surface area contributed by atoms with Crippen LogP contribution in [0.5, 0.6) is 0 Å². The normalized spacial score (nSPS) is 17.1. The molecular formula is C15H18F2N2S. The fraction of sp³-hybridized carbons (Fsp3) is 0.467. The van der Waals surface area contributed by atoms with Gasteiger partial charge in [0.15, 0.2) is 0 Å². The van der Waals surface area contributed by atoms with Crippen LogP contribution in [-0.4, -0.2) is 36.3 Å². The third-order valence-electron chi connectivity index (χ3n) is 3.35. The highest BCUT2D eigenvalue weighted by atomic mass is 32.2. The molecule has 0 amide bonds. The molecule has 2 rings (SSSR count). The minimum absolute atomic E-state index is 0.428. The number of alkyl halides is 2. The van der Waals surface area contributed by atoms with Crippen molar-refractivity contribution in [3.8, 4) is 12.3 Å². The number of terminal acetylenes is 1.